The first-order valence-electron chi connectivity index (χ1n) is 10.6. The lowest BCUT2D eigenvalue weighted by atomic mass is 9.96. The van der Waals surface area contributed by atoms with Crippen LogP contribution >= 0.6 is 0 Å². The second-order valence-corrected chi connectivity index (χ2v) is 8.25. The Morgan fingerprint density at radius 2 is 2.00 bits per heavy atom. The summed E-state index contributed by atoms with van der Waals surface area (Å²) in [6.45, 7) is 9.88. The van der Waals surface area contributed by atoms with E-state index >= 15 is 0 Å². The fraction of sp³-hybridized carbons (Fsp3) is 0.400. The number of rotatable bonds is 5. The van der Waals surface area contributed by atoms with Crippen molar-refractivity contribution >= 4 is 16.7 Å². The summed E-state index contributed by atoms with van der Waals surface area (Å²) in [5, 5.41) is 1.02. The van der Waals surface area contributed by atoms with Gasteiger partial charge in [-0.2, -0.15) is 0 Å². The minimum atomic E-state index is -0.284. The fourth-order valence-corrected chi connectivity index (χ4v) is 4.30. The highest BCUT2D eigenvalue weighted by atomic mass is 16.5. The minimum absolute atomic E-state index is 0.284. The Morgan fingerprint density at radius 1 is 1.17 bits per heavy atom. The standard InChI is InChI=1S/C25H29NO3/c1-5-6-9-18-13-23(27)29-25-20(18)11-12-22-21(25)14-26(15-28-22)24-17(4)8-7-10-19(24)16(2)3/h7-8,10-13,16H,5-6,9,14-15H2,1-4H3. The molecule has 0 aliphatic carbocycles. The highest BCUT2D eigenvalue weighted by Gasteiger charge is 2.25. The molecular weight excluding hydrogens is 362 g/mol. The van der Waals surface area contributed by atoms with E-state index in [4.69, 9.17) is 9.15 Å². The monoisotopic (exact) mass is 391 g/mol. The Kier molecular flexibility index (Phi) is 5.35. The van der Waals surface area contributed by atoms with Crippen LogP contribution in [0.5, 0.6) is 5.75 Å². The maximum absolute atomic E-state index is 12.3. The summed E-state index contributed by atoms with van der Waals surface area (Å²) in [6, 6.07) is 12.1. The maximum atomic E-state index is 12.3. The number of nitrogens with zero attached hydrogens (tertiary/aromatic N) is 1. The summed E-state index contributed by atoms with van der Waals surface area (Å²) < 4.78 is 11.8. The van der Waals surface area contributed by atoms with Gasteiger partial charge in [-0.25, -0.2) is 4.79 Å². The van der Waals surface area contributed by atoms with Gasteiger partial charge in [0.25, 0.3) is 0 Å². The highest BCUT2D eigenvalue weighted by molar-refractivity contribution is 5.86. The summed E-state index contributed by atoms with van der Waals surface area (Å²) in [5.41, 5.74) is 6.17. The van der Waals surface area contributed by atoms with E-state index in [2.05, 4.69) is 50.8 Å². The lowest BCUT2D eigenvalue weighted by Crippen LogP contribution is -2.33. The molecule has 2 aromatic carbocycles. The molecule has 1 aromatic heterocycles. The zero-order valence-corrected chi connectivity index (χ0v) is 17.7. The molecule has 0 atom stereocenters. The molecule has 0 saturated heterocycles. The predicted molar refractivity (Wildman–Crippen MR) is 118 cm³/mol. The predicted octanol–water partition coefficient (Wildman–Crippen LogP) is 5.92. The van der Waals surface area contributed by atoms with Crippen LogP contribution < -0.4 is 15.3 Å². The Morgan fingerprint density at radius 3 is 2.76 bits per heavy atom. The smallest absolute Gasteiger partial charge is 0.336 e. The molecule has 0 N–H and O–H groups in total. The number of ether oxygens (including phenoxy) is 1. The van der Waals surface area contributed by atoms with Crippen molar-refractivity contribution in [3.8, 4) is 5.75 Å². The molecule has 0 bridgehead atoms. The molecule has 152 valence electrons. The zero-order valence-electron chi connectivity index (χ0n) is 17.7. The maximum Gasteiger partial charge on any atom is 0.336 e. The molecule has 2 heterocycles. The van der Waals surface area contributed by atoms with Crippen LogP contribution in [0.4, 0.5) is 5.69 Å². The van der Waals surface area contributed by atoms with Crippen LogP contribution in [-0.4, -0.2) is 6.73 Å². The second-order valence-electron chi connectivity index (χ2n) is 8.25. The second kappa shape index (κ2) is 7.94. The van der Waals surface area contributed by atoms with Crippen LogP contribution in [0.2, 0.25) is 0 Å². The average Bonchev–Trinajstić information content (AvgIpc) is 2.71. The van der Waals surface area contributed by atoms with Crippen LogP contribution in [0.1, 0.15) is 61.8 Å². The van der Waals surface area contributed by atoms with Gasteiger partial charge in [0.1, 0.15) is 11.3 Å². The van der Waals surface area contributed by atoms with Crippen LogP contribution in [0.15, 0.2) is 45.6 Å². The van der Waals surface area contributed by atoms with E-state index in [0.717, 1.165) is 41.5 Å². The van der Waals surface area contributed by atoms with Gasteiger partial charge >= 0.3 is 5.63 Å². The molecule has 0 amide bonds. The molecule has 3 aromatic rings. The molecule has 0 radical (unpaired) electrons. The molecule has 1 aliphatic rings. The van der Waals surface area contributed by atoms with Crippen molar-refractivity contribution in [1.82, 2.24) is 0 Å². The number of benzene rings is 2. The first kappa shape index (κ1) is 19.6. The normalized spacial score (nSPS) is 13.6. The van der Waals surface area contributed by atoms with Gasteiger partial charge in [-0.3, -0.25) is 0 Å². The van der Waals surface area contributed by atoms with Gasteiger partial charge in [-0.15, -0.1) is 0 Å². The van der Waals surface area contributed by atoms with E-state index in [1.54, 1.807) is 6.07 Å². The number of aryl methyl sites for hydroxylation is 2. The summed E-state index contributed by atoms with van der Waals surface area (Å²) in [6.07, 6.45) is 3.03. The third kappa shape index (κ3) is 3.64. The van der Waals surface area contributed by atoms with E-state index in [-0.39, 0.29) is 5.63 Å². The Balaban J connectivity index is 1.82. The Hall–Kier alpha value is -2.75. The fourth-order valence-electron chi connectivity index (χ4n) is 4.30. The molecule has 0 unspecified atom stereocenters. The van der Waals surface area contributed by atoms with Gasteiger partial charge in [-0.1, -0.05) is 45.4 Å². The van der Waals surface area contributed by atoms with Crippen molar-refractivity contribution in [2.24, 2.45) is 0 Å². The van der Waals surface area contributed by atoms with Gasteiger partial charge in [0, 0.05) is 17.1 Å². The molecule has 4 heteroatoms. The Bertz CT molecular complexity index is 1100. The van der Waals surface area contributed by atoms with Crippen LogP contribution in [0.25, 0.3) is 11.0 Å². The van der Waals surface area contributed by atoms with E-state index < -0.39 is 0 Å². The number of fused-ring (bicyclic) bond motifs is 3. The largest absolute Gasteiger partial charge is 0.473 e. The van der Waals surface area contributed by atoms with Crippen molar-refractivity contribution in [2.45, 2.75) is 59.4 Å². The number of anilines is 1. The summed E-state index contributed by atoms with van der Waals surface area (Å²) in [4.78, 5) is 14.5. The molecule has 4 rings (SSSR count). The molecule has 0 saturated carbocycles. The Labute approximate surface area is 172 Å². The SMILES string of the molecule is CCCCc1cc(=O)oc2c3c(ccc12)OCN(c1c(C)cccc1C(C)C)C3. The molecule has 29 heavy (non-hydrogen) atoms. The van der Waals surface area contributed by atoms with Crippen LogP contribution in [0, 0.1) is 6.92 Å². The van der Waals surface area contributed by atoms with Gasteiger partial charge in [0.15, 0.2) is 6.73 Å². The lowest BCUT2D eigenvalue weighted by Gasteiger charge is -2.34. The lowest BCUT2D eigenvalue weighted by molar-refractivity contribution is 0.288. The van der Waals surface area contributed by atoms with Gasteiger partial charge in [-0.05, 0) is 54.5 Å². The molecular formula is C25H29NO3. The van der Waals surface area contributed by atoms with Crippen molar-refractivity contribution in [1.29, 1.82) is 0 Å². The van der Waals surface area contributed by atoms with Gasteiger partial charge in [0.05, 0.1) is 12.1 Å². The first-order chi connectivity index (χ1) is 14.0. The van der Waals surface area contributed by atoms with E-state index in [1.165, 1.54) is 16.8 Å². The van der Waals surface area contributed by atoms with Crippen LogP contribution in [0.3, 0.4) is 0 Å². The topological polar surface area (TPSA) is 42.7 Å². The third-order valence-corrected chi connectivity index (χ3v) is 5.79. The molecule has 0 fully saturated rings. The van der Waals surface area contributed by atoms with E-state index in [1.807, 2.05) is 12.1 Å². The van der Waals surface area contributed by atoms with Crippen molar-refractivity contribution in [2.75, 3.05) is 11.6 Å². The summed E-state index contributed by atoms with van der Waals surface area (Å²) >= 11 is 0. The number of unbranched alkanes of at least 4 members (excludes halogenated alkanes) is 1. The average molecular weight is 392 g/mol. The summed E-state index contributed by atoms with van der Waals surface area (Å²) in [5.74, 6) is 1.22. The quantitative estimate of drug-likeness (QED) is 0.506. The van der Waals surface area contributed by atoms with E-state index in [0.29, 0.717) is 24.8 Å². The van der Waals surface area contributed by atoms with Crippen LogP contribution in [-0.2, 0) is 13.0 Å². The number of para-hydroxylation sites is 1. The zero-order chi connectivity index (χ0) is 20.5. The van der Waals surface area contributed by atoms with Gasteiger partial charge in [0.2, 0.25) is 0 Å². The van der Waals surface area contributed by atoms with Crippen molar-refractivity contribution in [3.05, 3.63) is 69.1 Å². The first-order valence-corrected chi connectivity index (χ1v) is 10.6. The highest BCUT2D eigenvalue weighted by Crippen LogP contribution is 2.38. The number of hydrogen-bond donors (Lipinski definition) is 0. The van der Waals surface area contributed by atoms with E-state index in [9.17, 15) is 4.79 Å². The van der Waals surface area contributed by atoms with Gasteiger partial charge < -0.3 is 14.1 Å². The molecule has 4 nitrogen and oxygen atoms in total. The van der Waals surface area contributed by atoms with Crippen molar-refractivity contribution in [3.63, 3.8) is 0 Å². The molecule has 1 aliphatic heterocycles. The summed E-state index contributed by atoms with van der Waals surface area (Å²) in [7, 11) is 0. The van der Waals surface area contributed by atoms with Crippen molar-refractivity contribution < 1.29 is 9.15 Å². The minimum Gasteiger partial charge on any atom is -0.473 e. The number of hydrogen-bond acceptors (Lipinski definition) is 4. The molecule has 0 spiro atoms. The third-order valence-electron chi connectivity index (χ3n) is 5.79.